The Morgan fingerprint density at radius 3 is 2.86 bits per heavy atom. The van der Waals surface area contributed by atoms with Gasteiger partial charge in [-0.15, -0.1) is 0 Å². The van der Waals surface area contributed by atoms with Crippen molar-refractivity contribution in [1.29, 1.82) is 5.26 Å². The average molecular weight is 283 g/mol. The van der Waals surface area contributed by atoms with E-state index < -0.39 is 0 Å². The van der Waals surface area contributed by atoms with Gasteiger partial charge in [-0.2, -0.15) is 10.4 Å². The van der Waals surface area contributed by atoms with Gasteiger partial charge >= 0.3 is 5.97 Å². The van der Waals surface area contributed by atoms with Gasteiger partial charge in [-0.3, -0.25) is 4.79 Å². The molecule has 5 nitrogen and oxygen atoms in total. The van der Waals surface area contributed by atoms with Crippen molar-refractivity contribution in [3.63, 3.8) is 0 Å². The maximum absolute atomic E-state index is 11.3. The van der Waals surface area contributed by atoms with Crippen LogP contribution in [0.25, 0.3) is 5.69 Å². The van der Waals surface area contributed by atoms with Gasteiger partial charge in [0.25, 0.3) is 0 Å². The molecule has 21 heavy (non-hydrogen) atoms. The zero-order valence-electron chi connectivity index (χ0n) is 12.4. The monoisotopic (exact) mass is 283 g/mol. The number of hydrogen-bond acceptors (Lipinski definition) is 4. The zero-order chi connectivity index (χ0) is 15.4. The summed E-state index contributed by atoms with van der Waals surface area (Å²) in [5.41, 5.74) is 4.35. The minimum Gasteiger partial charge on any atom is -0.469 e. The molecule has 1 aromatic heterocycles. The Kier molecular flexibility index (Phi) is 4.39. The SMILES string of the molecule is COC(=O)CCc1c(C)nn(-c2cccc(C#N)c2)c1C. The summed E-state index contributed by atoms with van der Waals surface area (Å²) in [4.78, 5) is 11.3. The number of carbonyl (C=O) groups is 1. The highest BCUT2D eigenvalue weighted by molar-refractivity contribution is 5.69. The Hall–Kier alpha value is -2.61. The van der Waals surface area contributed by atoms with Crippen LogP contribution in [0.3, 0.4) is 0 Å². The molecule has 1 aromatic carbocycles. The van der Waals surface area contributed by atoms with Gasteiger partial charge in [0.1, 0.15) is 0 Å². The topological polar surface area (TPSA) is 67.9 Å². The van der Waals surface area contributed by atoms with Crippen LogP contribution in [0, 0.1) is 25.2 Å². The number of aromatic nitrogens is 2. The predicted octanol–water partition coefficient (Wildman–Crippen LogP) is 2.47. The summed E-state index contributed by atoms with van der Waals surface area (Å²) in [6, 6.07) is 9.41. The molecule has 0 aliphatic heterocycles. The van der Waals surface area contributed by atoms with Gasteiger partial charge in [-0.1, -0.05) is 6.07 Å². The lowest BCUT2D eigenvalue weighted by Crippen LogP contribution is -2.04. The van der Waals surface area contributed by atoms with Crippen LogP contribution >= 0.6 is 0 Å². The van der Waals surface area contributed by atoms with Crippen molar-refractivity contribution in [2.24, 2.45) is 0 Å². The molecule has 5 heteroatoms. The second-order valence-corrected chi connectivity index (χ2v) is 4.80. The molecule has 108 valence electrons. The minimum atomic E-state index is -0.229. The lowest BCUT2D eigenvalue weighted by atomic mass is 10.1. The molecule has 0 N–H and O–H groups in total. The van der Waals surface area contributed by atoms with Crippen LogP contribution in [0.2, 0.25) is 0 Å². The first-order valence-electron chi connectivity index (χ1n) is 6.69. The largest absolute Gasteiger partial charge is 0.469 e. The van der Waals surface area contributed by atoms with E-state index in [1.807, 2.05) is 30.7 Å². The summed E-state index contributed by atoms with van der Waals surface area (Å²) in [6.07, 6.45) is 0.935. The van der Waals surface area contributed by atoms with Crippen molar-refractivity contribution in [2.45, 2.75) is 26.7 Å². The van der Waals surface area contributed by atoms with Gasteiger partial charge in [0.2, 0.25) is 0 Å². The summed E-state index contributed by atoms with van der Waals surface area (Å²) >= 11 is 0. The zero-order valence-corrected chi connectivity index (χ0v) is 12.4. The number of nitriles is 1. The average Bonchev–Trinajstić information content (AvgIpc) is 2.79. The molecule has 2 rings (SSSR count). The Labute approximate surface area is 123 Å². The Morgan fingerprint density at radius 1 is 1.43 bits per heavy atom. The van der Waals surface area contributed by atoms with E-state index in [0.717, 1.165) is 22.6 Å². The fourth-order valence-electron chi connectivity index (χ4n) is 2.32. The van der Waals surface area contributed by atoms with E-state index in [1.54, 1.807) is 12.1 Å². The fourth-order valence-corrected chi connectivity index (χ4v) is 2.32. The van der Waals surface area contributed by atoms with Gasteiger partial charge < -0.3 is 4.74 Å². The first-order valence-corrected chi connectivity index (χ1v) is 6.69. The van der Waals surface area contributed by atoms with E-state index in [-0.39, 0.29) is 5.97 Å². The van der Waals surface area contributed by atoms with Crippen LogP contribution in [0.5, 0.6) is 0 Å². The van der Waals surface area contributed by atoms with Crippen molar-refractivity contribution in [2.75, 3.05) is 7.11 Å². The first-order chi connectivity index (χ1) is 10.1. The van der Waals surface area contributed by atoms with Gasteiger partial charge in [0.05, 0.1) is 30.1 Å². The summed E-state index contributed by atoms with van der Waals surface area (Å²) in [7, 11) is 1.39. The number of ether oxygens (including phenoxy) is 1. The Bertz CT molecular complexity index is 711. The molecular formula is C16H17N3O2. The molecule has 0 fully saturated rings. The highest BCUT2D eigenvalue weighted by Gasteiger charge is 2.14. The van der Waals surface area contributed by atoms with Crippen molar-refractivity contribution in [1.82, 2.24) is 9.78 Å². The molecule has 0 saturated carbocycles. The van der Waals surface area contributed by atoms with Crippen LogP contribution in [0.15, 0.2) is 24.3 Å². The first kappa shape index (κ1) is 14.8. The van der Waals surface area contributed by atoms with E-state index >= 15 is 0 Å². The summed E-state index contributed by atoms with van der Waals surface area (Å²) < 4.78 is 6.48. The maximum Gasteiger partial charge on any atom is 0.305 e. The molecule has 0 spiro atoms. The molecule has 0 unspecified atom stereocenters. The molecular weight excluding hydrogens is 266 g/mol. The Balaban J connectivity index is 2.34. The van der Waals surface area contributed by atoms with Crippen molar-refractivity contribution in [3.8, 4) is 11.8 Å². The Morgan fingerprint density at radius 2 is 2.19 bits per heavy atom. The van der Waals surface area contributed by atoms with Gasteiger partial charge in [-0.05, 0) is 44.0 Å². The molecule has 0 aliphatic rings. The van der Waals surface area contributed by atoms with E-state index in [1.165, 1.54) is 7.11 Å². The quantitative estimate of drug-likeness (QED) is 0.808. The number of esters is 1. The van der Waals surface area contributed by atoms with Crippen molar-refractivity contribution >= 4 is 5.97 Å². The van der Waals surface area contributed by atoms with E-state index in [9.17, 15) is 4.79 Å². The highest BCUT2D eigenvalue weighted by Crippen LogP contribution is 2.20. The van der Waals surface area contributed by atoms with E-state index in [0.29, 0.717) is 18.4 Å². The highest BCUT2D eigenvalue weighted by atomic mass is 16.5. The lowest BCUT2D eigenvalue weighted by molar-refractivity contribution is -0.140. The number of benzene rings is 1. The van der Waals surface area contributed by atoms with Crippen molar-refractivity contribution < 1.29 is 9.53 Å². The summed E-state index contributed by atoms with van der Waals surface area (Å²) in [6.45, 7) is 3.88. The third-order valence-electron chi connectivity index (χ3n) is 3.47. The standard InChI is InChI=1S/C16H17N3O2/c1-11-15(7-8-16(20)21-3)12(2)19(18-11)14-6-4-5-13(9-14)10-17/h4-6,9H,7-8H2,1-3H3. The molecule has 0 bridgehead atoms. The normalized spacial score (nSPS) is 10.2. The molecule has 0 amide bonds. The second kappa shape index (κ2) is 6.23. The number of aryl methyl sites for hydroxylation is 1. The maximum atomic E-state index is 11.3. The molecule has 0 saturated heterocycles. The van der Waals surface area contributed by atoms with Crippen LogP contribution in [0.1, 0.15) is 28.9 Å². The third kappa shape index (κ3) is 3.11. The molecule has 0 radical (unpaired) electrons. The predicted molar refractivity (Wildman–Crippen MR) is 78.1 cm³/mol. The smallest absolute Gasteiger partial charge is 0.305 e. The number of nitrogens with zero attached hydrogens (tertiary/aromatic N) is 3. The lowest BCUT2D eigenvalue weighted by Gasteiger charge is -2.05. The molecule has 0 aliphatic carbocycles. The fraction of sp³-hybridized carbons (Fsp3) is 0.312. The van der Waals surface area contributed by atoms with Crippen LogP contribution in [0.4, 0.5) is 0 Å². The van der Waals surface area contributed by atoms with E-state index in [4.69, 9.17) is 5.26 Å². The molecule has 1 heterocycles. The van der Waals surface area contributed by atoms with Crippen LogP contribution < -0.4 is 0 Å². The number of hydrogen-bond donors (Lipinski definition) is 0. The summed E-state index contributed by atoms with van der Waals surface area (Å²) in [5.74, 6) is -0.229. The summed E-state index contributed by atoms with van der Waals surface area (Å²) in [5, 5.41) is 13.5. The third-order valence-corrected chi connectivity index (χ3v) is 3.47. The van der Waals surface area contributed by atoms with Crippen LogP contribution in [-0.4, -0.2) is 22.9 Å². The molecule has 0 atom stereocenters. The second-order valence-electron chi connectivity index (χ2n) is 4.80. The van der Waals surface area contributed by atoms with Gasteiger partial charge in [-0.25, -0.2) is 4.68 Å². The molecule has 2 aromatic rings. The van der Waals surface area contributed by atoms with E-state index in [2.05, 4.69) is 15.9 Å². The van der Waals surface area contributed by atoms with Crippen molar-refractivity contribution in [3.05, 3.63) is 46.8 Å². The van der Waals surface area contributed by atoms with Gasteiger partial charge in [0, 0.05) is 12.1 Å². The number of methoxy groups -OCH3 is 1. The number of carbonyl (C=O) groups excluding carboxylic acids is 1. The van der Waals surface area contributed by atoms with Crippen LogP contribution in [-0.2, 0) is 16.0 Å². The van der Waals surface area contributed by atoms with Gasteiger partial charge in [0.15, 0.2) is 0 Å². The minimum absolute atomic E-state index is 0.229. The number of rotatable bonds is 4.